The summed E-state index contributed by atoms with van der Waals surface area (Å²) in [4.78, 5) is 4.79. The van der Waals surface area contributed by atoms with Crippen molar-refractivity contribution in [2.24, 2.45) is 5.92 Å². The minimum Gasteiger partial charge on any atom is -0.256 e. The summed E-state index contributed by atoms with van der Waals surface area (Å²) in [7, 11) is -3.00. The molecule has 0 atom stereocenters. The second-order valence-corrected chi connectivity index (χ2v) is 18.7. The van der Waals surface area contributed by atoms with E-state index in [1.165, 1.54) is 48.2 Å². The van der Waals surface area contributed by atoms with Crippen molar-refractivity contribution in [3.8, 4) is 0 Å². The molecule has 1 aromatic carbocycles. The standard InChI is InChI=1S/C22H33NSi2/c1-24(2,3)17-21(18-11-7-6-8-12-18)25(4,5)20-15-9-13-19-14-10-16-23-22(19)20/h9-10,13-18H,6-8,11-12H2,1-5H3/b21-17+. The third-order valence-electron chi connectivity index (χ3n) is 5.66. The zero-order valence-electron chi connectivity index (χ0n) is 16.6. The molecular weight excluding hydrogens is 334 g/mol. The SMILES string of the molecule is C[Si](C)(C)/C=C(\C1CCCCC1)[Si](C)(C)c1cccc2cccnc12. The van der Waals surface area contributed by atoms with E-state index in [1.54, 1.807) is 0 Å². The van der Waals surface area contributed by atoms with Crippen LogP contribution in [-0.2, 0) is 0 Å². The molecule has 2 aromatic rings. The Bertz CT molecular complexity index is 760. The highest BCUT2D eigenvalue weighted by Gasteiger charge is 2.36. The Morgan fingerprint density at radius 3 is 2.32 bits per heavy atom. The fourth-order valence-electron chi connectivity index (χ4n) is 4.45. The van der Waals surface area contributed by atoms with E-state index >= 15 is 0 Å². The van der Waals surface area contributed by atoms with Gasteiger partial charge in [-0.05, 0) is 30.0 Å². The van der Waals surface area contributed by atoms with E-state index in [9.17, 15) is 0 Å². The van der Waals surface area contributed by atoms with Crippen LogP contribution in [0.25, 0.3) is 10.9 Å². The maximum Gasteiger partial charge on any atom is 0.109 e. The molecular formula is C22H33NSi2. The molecule has 1 aromatic heterocycles. The van der Waals surface area contributed by atoms with Gasteiger partial charge in [-0.25, -0.2) is 0 Å². The Morgan fingerprint density at radius 1 is 0.960 bits per heavy atom. The minimum atomic E-state index is -1.74. The second-order valence-electron chi connectivity index (χ2n) is 9.31. The van der Waals surface area contributed by atoms with Gasteiger partial charge in [0.25, 0.3) is 0 Å². The van der Waals surface area contributed by atoms with E-state index in [4.69, 9.17) is 4.98 Å². The summed E-state index contributed by atoms with van der Waals surface area (Å²) in [5, 5.41) is 4.64. The lowest BCUT2D eigenvalue weighted by Gasteiger charge is -2.37. The van der Waals surface area contributed by atoms with Gasteiger partial charge in [0.1, 0.15) is 8.07 Å². The molecule has 1 saturated carbocycles. The first-order valence-corrected chi connectivity index (χ1v) is 16.4. The lowest BCUT2D eigenvalue weighted by atomic mass is 9.89. The van der Waals surface area contributed by atoms with E-state index in [-0.39, 0.29) is 0 Å². The molecule has 0 radical (unpaired) electrons. The van der Waals surface area contributed by atoms with E-state index in [1.807, 2.05) is 11.4 Å². The van der Waals surface area contributed by atoms with Gasteiger partial charge < -0.3 is 0 Å². The van der Waals surface area contributed by atoms with E-state index in [0.717, 1.165) is 5.92 Å². The smallest absolute Gasteiger partial charge is 0.109 e. The molecule has 0 unspecified atom stereocenters. The normalized spacial score (nSPS) is 17.9. The van der Waals surface area contributed by atoms with Crippen molar-refractivity contribution in [2.45, 2.75) is 64.8 Å². The van der Waals surface area contributed by atoms with Crippen molar-refractivity contribution in [1.82, 2.24) is 4.98 Å². The van der Waals surface area contributed by atoms with Crippen molar-refractivity contribution < 1.29 is 0 Å². The van der Waals surface area contributed by atoms with E-state index < -0.39 is 16.1 Å². The van der Waals surface area contributed by atoms with Gasteiger partial charge in [-0.15, -0.1) is 0 Å². The van der Waals surface area contributed by atoms with Crippen LogP contribution in [0.15, 0.2) is 47.4 Å². The zero-order chi connectivity index (χ0) is 18.1. The van der Waals surface area contributed by atoms with Crippen LogP contribution in [0.2, 0.25) is 32.7 Å². The first-order chi connectivity index (χ1) is 11.8. The largest absolute Gasteiger partial charge is 0.256 e. The van der Waals surface area contributed by atoms with Crippen LogP contribution < -0.4 is 5.19 Å². The number of aromatic nitrogens is 1. The van der Waals surface area contributed by atoms with Crippen LogP contribution in [0, 0.1) is 5.92 Å². The van der Waals surface area contributed by atoms with Gasteiger partial charge in [-0.1, -0.05) is 87.2 Å². The summed E-state index contributed by atoms with van der Waals surface area (Å²) in [6.45, 7) is 12.6. The van der Waals surface area contributed by atoms with Gasteiger partial charge in [0, 0.05) is 11.6 Å². The first-order valence-electron chi connectivity index (χ1n) is 9.86. The lowest BCUT2D eigenvalue weighted by molar-refractivity contribution is 0.412. The molecule has 0 saturated heterocycles. The third-order valence-corrected chi connectivity index (χ3v) is 10.9. The number of allylic oxidation sites excluding steroid dienone is 1. The maximum atomic E-state index is 4.79. The predicted octanol–water partition coefficient (Wildman–Crippen LogP) is 6.07. The molecule has 1 aliphatic rings. The average Bonchev–Trinajstić information content (AvgIpc) is 2.59. The Kier molecular flexibility index (Phi) is 5.35. The van der Waals surface area contributed by atoms with E-state index in [2.05, 4.69) is 68.8 Å². The predicted molar refractivity (Wildman–Crippen MR) is 117 cm³/mol. The molecule has 1 aliphatic carbocycles. The second kappa shape index (κ2) is 7.20. The molecule has 3 rings (SSSR count). The van der Waals surface area contributed by atoms with Crippen molar-refractivity contribution >= 4 is 32.2 Å². The average molecular weight is 368 g/mol. The summed E-state index contributed by atoms with van der Waals surface area (Å²) in [5.74, 6) is 0.807. The lowest BCUT2D eigenvalue weighted by Crippen LogP contribution is -2.48. The number of para-hydroxylation sites is 1. The number of hydrogen-bond donors (Lipinski definition) is 0. The monoisotopic (exact) mass is 367 g/mol. The summed E-state index contributed by atoms with van der Waals surface area (Å²) in [6, 6.07) is 11.1. The van der Waals surface area contributed by atoms with Gasteiger partial charge in [-0.2, -0.15) is 0 Å². The number of rotatable bonds is 4. The third kappa shape index (κ3) is 4.14. The van der Waals surface area contributed by atoms with Crippen LogP contribution in [0.3, 0.4) is 0 Å². The van der Waals surface area contributed by atoms with Crippen molar-refractivity contribution in [2.75, 3.05) is 0 Å². The Hall–Kier alpha value is -1.20. The molecule has 0 bridgehead atoms. The molecule has 25 heavy (non-hydrogen) atoms. The maximum absolute atomic E-state index is 4.79. The Balaban J connectivity index is 2.14. The topological polar surface area (TPSA) is 12.9 Å². The summed E-state index contributed by atoms with van der Waals surface area (Å²) < 4.78 is 0. The minimum absolute atomic E-state index is 0.807. The summed E-state index contributed by atoms with van der Waals surface area (Å²) in [5.41, 5.74) is 4.00. The number of hydrogen-bond acceptors (Lipinski definition) is 1. The molecule has 0 amide bonds. The van der Waals surface area contributed by atoms with Gasteiger partial charge >= 0.3 is 0 Å². The van der Waals surface area contributed by atoms with Crippen molar-refractivity contribution in [1.29, 1.82) is 0 Å². The molecule has 0 spiro atoms. The fourth-order valence-corrected chi connectivity index (χ4v) is 11.3. The van der Waals surface area contributed by atoms with Crippen LogP contribution in [0.4, 0.5) is 0 Å². The number of fused-ring (bicyclic) bond motifs is 1. The summed E-state index contributed by atoms with van der Waals surface area (Å²) in [6.07, 6.45) is 8.99. The first kappa shape index (κ1) is 18.6. The number of benzene rings is 1. The Morgan fingerprint density at radius 2 is 1.64 bits per heavy atom. The van der Waals surface area contributed by atoms with Crippen LogP contribution in [0.5, 0.6) is 0 Å². The molecule has 1 heterocycles. The summed E-state index contributed by atoms with van der Waals surface area (Å²) >= 11 is 0. The number of nitrogens with zero attached hydrogens (tertiary/aromatic N) is 1. The quantitative estimate of drug-likeness (QED) is 0.597. The van der Waals surface area contributed by atoms with Crippen molar-refractivity contribution in [3.05, 3.63) is 47.4 Å². The van der Waals surface area contributed by atoms with Crippen LogP contribution in [0.1, 0.15) is 32.1 Å². The highest BCUT2D eigenvalue weighted by molar-refractivity contribution is 6.98. The molecule has 134 valence electrons. The molecule has 1 fully saturated rings. The van der Waals surface area contributed by atoms with Gasteiger partial charge in [0.15, 0.2) is 0 Å². The molecule has 3 heteroatoms. The highest BCUT2D eigenvalue weighted by Crippen LogP contribution is 2.36. The Labute approximate surface area is 155 Å². The molecule has 0 N–H and O–H groups in total. The molecule has 0 aliphatic heterocycles. The van der Waals surface area contributed by atoms with Gasteiger partial charge in [0.05, 0.1) is 13.6 Å². The zero-order valence-corrected chi connectivity index (χ0v) is 18.6. The number of pyridine rings is 1. The van der Waals surface area contributed by atoms with Gasteiger partial charge in [0.2, 0.25) is 0 Å². The van der Waals surface area contributed by atoms with Crippen LogP contribution in [-0.4, -0.2) is 21.1 Å². The molecule has 1 nitrogen and oxygen atoms in total. The fraction of sp³-hybridized carbons (Fsp3) is 0.500. The van der Waals surface area contributed by atoms with Crippen LogP contribution >= 0.6 is 0 Å². The van der Waals surface area contributed by atoms with Crippen molar-refractivity contribution in [3.63, 3.8) is 0 Å². The van der Waals surface area contributed by atoms with E-state index in [0.29, 0.717) is 0 Å². The van der Waals surface area contributed by atoms with Gasteiger partial charge in [-0.3, -0.25) is 4.98 Å². The highest BCUT2D eigenvalue weighted by atomic mass is 28.3.